The maximum absolute atomic E-state index is 12.4. The van der Waals surface area contributed by atoms with E-state index in [0.717, 1.165) is 21.3 Å². The first-order chi connectivity index (χ1) is 13.2. The van der Waals surface area contributed by atoms with Gasteiger partial charge >= 0.3 is 0 Å². The van der Waals surface area contributed by atoms with E-state index in [1.165, 1.54) is 12.1 Å². The van der Waals surface area contributed by atoms with Crippen LogP contribution in [0.15, 0.2) is 53.0 Å². The number of hydrogen-bond donors (Lipinski definition) is 1. The highest BCUT2D eigenvalue weighted by Gasteiger charge is 2.57. The van der Waals surface area contributed by atoms with Gasteiger partial charge in [-0.2, -0.15) is 0 Å². The summed E-state index contributed by atoms with van der Waals surface area (Å²) < 4.78 is 0.989. The van der Waals surface area contributed by atoms with Crippen LogP contribution in [0.3, 0.4) is 0 Å². The number of nitro benzene ring substituents is 1. The summed E-state index contributed by atoms with van der Waals surface area (Å²) in [5.41, 5.74) is 1.86. The van der Waals surface area contributed by atoms with Crippen molar-refractivity contribution in [2.75, 3.05) is 11.4 Å². The average Bonchev–Trinajstić information content (AvgIpc) is 2.84. The fourth-order valence-corrected chi connectivity index (χ4v) is 4.65. The Bertz CT molecular complexity index is 1020. The van der Waals surface area contributed by atoms with Crippen molar-refractivity contribution >= 4 is 39.3 Å². The third-order valence-electron chi connectivity index (χ3n) is 5.79. The quantitative estimate of drug-likeness (QED) is 0.566. The number of carbonyl (C=O) groups is 1. The molecule has 0 saturated carbocycles. The highest BCUT2D eigenvalue weighted by atomic mass is 79.9. The molecule has 4 rings (SSSR count). The Labute approximate surface area is 171 Å². The Morgan fingerprint density at radius 2 is 2.04 bits per heavy atom. The predicted molar refractivity (Wildman–Crippen MR) is 112 cm³/mol. The van der Waals surface area contributed by atoms with Gasteiger partial charge in [-0.25, -0.2) is 0 Å². The monoisotopic (exact) mass is 441 g/mol. The second-order valence-corrected chi connectivity index (χ2v) is 8.60. The highest BCUT2D eigenvalue weighted by molar-refractivity contribution is 9.10. The highest BCUT2D eigenvalue weighted by Crippen LogP contribution is 2.53. The number of nitro groups is 1. The van der Waals surface area contributed by atoms with Gasteiger partial charge in [-0.15, -0.1) is 0 Å². The third kappa shape index (κ3) is 2.73. The zero-order valence-electron chi connectivity index (χ0n) is 15.6. The molecule has 1 atom stereocenters. The molecule has 6 nitrogen and oxygen atoms in total. The molecule has 2 aliphatic heterocycles. The molecule has 144 valence electrons. The minimum Gasteiger partial charge on any atom is -0.344 e. The van der Waals surface area contributed by atoms with E-state index < -0.39 is 16.0 Å². The van der Waals surface area contributed by atoms with E-state index in [0.29, 0.717) is 13.0 Å². The van der Waals surface area contributed by atoms with Crippen LogP contribution in [0, 0.1) is 10.1 Å². The van der Waals surface area contributed by atoms with Crippen LogP contribution in [0.25, 0.3) is 6.08 Å². The van der Waals surface area contributed by atoms with Crippen LogP contribution in [0.5, 0.6) is 0 Å². The van der Waals surface area contributed by atoms with Gasteiger partial charge in [-0.1, -0.05) is 48.0 Å². The van der Waals surface area contributed by atoms with Crippen molar-refractivity contribution < 1.29 is 9.72 Å². The second-order valence-electron chi connectivity index (χ2n) is 7.69. The molecule has 1 amide bonds. The molecule has 0 spiro atoms. The van der Waals surface area contributed by atoms with E-state index in [2.05, 4.69) is 52.1 Å². The van der Waals surface area contributed by atoms with Gasteiger partial charge in [-0.3, -0.25) is 14.9 Å². The van der Waals surface area contributed by atoms with Crippen LogP contribution in [0.2, 0.25) is 0 Å². The van der Waals surface area contributed by atoms with E-state index in [1.54, 1.807) is 6.07 Å². The smallest absolute Gasteiger partial charge is 0.270 e. The molecule has 1 N–H and O–H groups in total. The van der Waals surface area contributed by atoms with Crippen LogP contribution in [0.4, 0.5) is 11.4 Å². The number of carbonyl (C=O) groups excluding carboxylic acids is 1. The topological polar surface area (TPSA) is 75.5 Å². The van der Waals surface area contributed by atoms with Crippen molar-refractivity contribution in [2.45, 2.75) is 31.3 Å². The van der Waals surface area contributed by atoms with Crippen molar-refractivity contribution in [2.24, 2.45) is 0 Å². The molecule has 1 saturated heterocycles. The first-order valence-electron chi connectivity index (χ1n) is 9.07. The van der Waals surface area contributed by atoms with Crippen molar-refractivity contribution in [1.29, 1.82) is 0 Å². The minimum absolute atomic E-state index is 0.000103. The molecular weight excluding hydrogens is 422 g/mol. The Kier molecular flexibility index (Phi) is 4.30. The predicted octanol–water partition coefficient (Wildman–Crippen LogP) is 4.38. The minimum atomic E-state index is -0.740. The van der Waals surface area contributed by atoms with Gasteiger partial charge in [-0.05, 0) is 35.4 Å². The number of nitrogens with one attached hydrogen (secondary N) is 1. The molecule has 0 radical (unpaired) electrons. The Hall–Kier alpha value is -2.67. The first kappa shape index (κ1) is 18.7. The van der Waals surface area contributed by atoms with E-state index in [9.17, 15) is 14.9 Å². The van der Waals surface area contributed by atoms with Gasteiger partial charge in [0.15, 0.2) is 0 Å². The number of fused-ring (bicyclic) bond motifs is 3. The van der Waals surface area contributed by atoms with Gasteiger partial charge in [0.25, 0.3) is 5.69 Å². The average molecular weight is 442 g/mol. The van der Waals surface area contributed by atoms with Crippen molar-refractivity contribution in [3.8, 4) is 0 Å². The molecule has 0 bridgehead atoms. The van der Waals surface area contributed by atoms with Crippen molar-refractivity contribution in [3.63, 3.8) is 0 Å². The van der Waals surface area contributed by atoms with Gasteiger partial charge < -0.3 is 10.2 Å². The molecule has 2 aromatic rings. The third-order valence-corrected chi connectivity index (χ3v) is 6.29. The summed E-state index contributed by atoms with van der Waals surface area (Å²) in [4.78, 5) is 25.3. The fraction of sp³-hybridized carbons (Fsp3) is 0.286. The summed E-state index contributed by atoms with van der Waals surface area (Å²) >= 11 is 3.55. The van der Waals surface area contributed by atoms with Crippen molar-refractivity contribution in [1.82, 2.24) is 5.32 Å². The summed E-state index contributed by atoms with van der Waals surface area (Å²) in [6.07, 6.45) is 4.25. The lowest BCUT2D eigenvalue weighted by atomic mass is 9.74. The fourth-order valence-electron chi connectivity index (χ4n) is 4.28. The van der Waals surface area contributed by atoms with Gasteiger partial charge in [0, 0.05) is 40.7 Å². The number of amides is 1. The van der Waals surface area contributed by atoms with E-state index in [1.807, 2.05) is 24.3 Å². The molecular formula is C21H20BrN3O3. The van der Waals surface area contributed by atoms with Gasteiger partial charge in [0.1, 0.15) is 5.66 Å². The SMILES string of the molecule is CC1(C)c2cc(Br)ccc2N2CCC(=O)NC21C=Cc1cccc([N+](=O)[O-])c1. The number of nitrogens with zero attached hydrogens (tertiary/aromatic N) is 2. The number of rotatable bonds is 3. The largest absolute Gasteiger partial charge is 0.344 e. The molecule has 2 aliphatic rings. The normalized spacial score (nSPS) is 22.7. The molecule has 0 aromatic heterocycles. The second kappa shape index (κ2) is 6.44. The molecule has 7 heteroatoms. The van der Waals surface area contributed by atoms with Gasteiger partial charge in [0.2, 0.25) is 5.91 Å². The van der Waals surface area contributed by atoms with Crippen LogP contribution >= 0.6 is 15.9 Å². The Morgan fingerprint density at radius 3 is 2.79 bits per heavy atom. The van der Waals surface area contributed by atoms with Crippen LogP contribution in [-0.4, -0.2) is 23.0 Å². The zero-order valence-corrected chi connectivity index (χ0v) is 17.2. The Balaban J connectivity index is 1.83. The first-order valence-corrected chi connectivity index (χ1v) is 9.86. The van der Waals surface area contributed by atoms with E-state index in [4.69, 9.17) is 0 Å². The van der Waals surface area contributed by atoms with Crippen LogP contribution in [0.1, 0.15) is 31.4 Å². The number of non-ortho nitro benzene ring substituents is 1. The molecule has 1 unspecified atom stereocenters. The number of hydrogen-bond acceptors (Lipinski definition) is 4. The maximum Gasteiger partial charge on any atom is 0.270 e. The van der Waals surface area contributed by atoms with E-state index >= 15 is 0 Å². The lowest BCUT2D eigenvalue weighted by Gasteiger charge is -2.49. The molecule has 0 aliphatic carbocycles. The summed E-state index contributed by atoms with van der Waals surface area (Å²) in [6.45, 7) is 4.84. The molecule has 1 fully saturated rings. The van der Waals surface area contributed by atoms with Crippen LogP contribution in [-0.2, 0) is 10.2 Å². The Morgan fingerprint density at radius 1 is 1.25 bits per heavy atom. The maximum atomic E-state index is 12.4. The standard InChI is InChI=1S/C21H20BrN3O3/c1-20(2)17-13-15(22)6-7-18(17)24-11-9-19(26)23-21(20,24)10-8-14-4-3-5-16(12-14)25(27)28/h3-8,10,12-13H,9,11H2,1-2H3,(H,23,26). The zero-order chi connectivity index (χ0) is 20.1. The number of anilines is 1. The number of halogens is 1. The molecule has 28 heavy (non-hydrogen) atoms. The summed E-state index contributed by atoms with van der Waals surface area (Å²) in [7, 11) is 0. The van der Waals surface area contributed by atoms with Crippen LogP contribution < -0.4 is 10.2 Å². The van der Waals surface area contributed by atoms with Crippen molar-refractivity contribution in [3.05, 3.63) is 74.3 Å². The molecule has 2 aromatic carbocycles. The van der Waals surface area contributed by atoms with E-state index in [-0.39, 0.29) is 11.6 Å². The van der Waals surface area contributed by atoms with Gasteiger partial charge in [0.05, 0.1) is 4.92 Å². The molecule has 2 heterocycles. The summed E-state index contributed by atoms with van der Waals surface area (Å²) in [6, 6.07) is 12.7. The summed E-state index contributed by atoms with van der Waals surface area (Å²) in [5.74, 6) is -0.000103. The lowest BCUT2D eigenvalue weighted by Crippen LogP contribution is -2.68. The summed E-state index contributed by atoms with van der Waals surface area (Å²) in [5, 5.41) is 14.3. The number of benzene rings is 2. The lowest BCUT2D eigenvalue weighted by molar-refractivity contribution is -0.384.